The van der Waals surface area contributed by atoms with E-state index in [0.29, 0.717) is 0 Å². The summed E-state index contributed by atoms with van der Waals surface area (Å²) < 4.78 is 111. The lowest BCUT2D eigenvalue weighted by Crippen LogP contribution is -2.25. The Morgan fingerprint density at radius 2 is 1.91 bits per heavy atom. The first kappa shape index (κ1) is 23.9. The second-order valence-electron chi connectivity index (χ2n) is 6.71. The molecule has 1 aliphatic carbocycles. The quantitative estimate of drug-likeness (QED) is 0.638. The second kappa shape index (κ2) is 7.99. The largest absolute Gasteiger partial charge is 0.434 e. The van der Waals surface area contributed by atoms with E-state index in [-0.39, 0.29) is 37.1 Å². The molecule has 8 nitrogen and oxygen atoms in total. The molecule has 0 bridgehead atoms. The van der Waals surface area contributed by atoms with E-state index in [1.807, 2.05) is 0 Å². The minimum absolute atomic E-state index is 0.0378. The fraction of sp³-hybridized carbons (Fsp3) is 0.438. The van der Waals surface area contributed by atoms with E-state index in [4.69, 9.17) is 5.14 Å². The van der Waals surface area contributed by atoms with Crippen molar-refractivity contribution < 1.29 is 39.7 Å². The number of anilines is 1. The van der Waals surface area contributed by atoms with Gasteiger partial charge in [0, 0.05) is 12.2 Å². The zero-order valence-corrected chi connectivity index (χ0v) is 17.0. The highest BCUT2D eigenvalue weighted by atomic mass is 32.2. The number of urea groups is 1. The van der Waals surface area contributed by atoms with Crippen molar-refractivity contribution in [3.63, 3.8) is 0 Å². The lowest BCUT2D eigenvalue weighted by molar-refractivity contribution is -0.164. The first-order chi connectivity index (χ1) is 14.6. The molecule has 32 heavy (non-hydrogen) atoms. The summed E-state index contributed by atoms with van der Waals surface area (Å²) in [5, 5.41) is 9.60. The van der Waals surface area contributed by atoms with Crippen LogP contribution in [0.1, 0.15) is 35.9 Å². The SMILES string of the molecule is CCn1cc(F)c(S(N)(=O)=NC(=O)Nc2c3c(nc(C(F)(F)F)c2C(F)(F)F)CCC3)n1. The van der Waals surface area contributed by atoms with Crippen molar-refractivity contribution in [2.75, 3.05) is 5.32 Å². The van der Waals surface area contributed by atoms with Crippen LogP contribution in [0.4, 0.5) is 41.2 Å². The van der Waals surface area contributed by atoms with E-state index >= 15 is 0 Å². The second-order valence-corrected chi connectivity index (χ2v) is 8.42. The van der Waals surface area contributed by atoms with Gasteiger partial charge >= 0.3 is 18.4 Å². The topological polar surface area (TPSA) is 115 Å². The smallest absolute Gasteiger partial charge is 0.304 e. The molecule has 176 valence electrons. The van der Waals surface area contributed by atoms with E-state index in [1.165, 1.54) is 0 Å². The molecule has 1 unspecified atom stereocenters. The van der Waals surface area contributed by atoms with Crippen LogP contribution < -0.4 is 10.5 Å². The molecule has 2 aromatic rings. The number of halogens is 7. The Morgan fingerprint density at radius 3 is 2.44 bits per heavy atom. The number of nitrogens with zero attached hydrogens (tertiary/aromatic N) is 4. The number of nitrogens with two attached hydrogens (primary N) is 1. The number of carbonyl (C=O) groups excluding carboxylic acids is 1. The number of hydrogen-bond acceptors (Lipinski definition) is 4. The Bertz CT molecular complexity index is 1190. The molecule has 16 heteroatoms. The Labute approximate surface area is 176 Å². The van der Waals surface area contributed by atoms with Crippen molar-refractivity contribution in [2.45, 2.75) is 50.1 Å². The summed E-state index contributed by atoms with van der Waals surface area (Å²) in [5.74, 6) is -1.18. The van der Waals surface area contributed by atoms with Crippen LogP contribution in [0.5, 0.6) is 0 Å². The zero-order chi connectivity index (χ0) is 24.1. The van der Waals surface area contributed by atoms with Gasteiger partial charge in [-0.3, -0.25) is 4.68 Å². The number of aryl methyl sites for hydroxylation is 2. The molecule has 0 aliphatic heterocycles. The van der Waals surface area contributed by atoms with Gasteiger partial charge < -0.3 is 5.32 Å². The number of aromatic nitrogens is 3. The van der Waals surface area contributed by atoms with Crippen LogP contribution in [0, 0.1) is 5.82 Å². The molecular weight excluding hydrogens is 473 g/mol. The van der Waals surface area contributed by atoms with Gasteiger partial charge in [0.15, 0.2) is 21.4 Å². The van der Waals surface area contributed by atoms with E-state index < -0.39 is 56.1 Å². The van der Waals surface area contributed by atoms with E-state index in [2.05, 4.69) is 14.4 Å². The molecular formula is C16H15F7N6O2S. The number of carbonyl (C=O) groups is 1. The minimum Gasteiger partial charge on any atom is -0.304 e. The fourth-order valence-electron chi connectivity index (χ4n) is 3.24. The third kappa shape index (κ3) is 4.55. The predicted molar refractivity (Wildman–Crippen MR) is 96.2 cm³/mol. The summed E-state index contributed by atoms with van der Waals surface area (Å²) in [6.07, 6.45) is -10.1. The molecule has 0 saturated carbocycles. The predicted octanol–water partition coefficient (Wildman–Crippen LogP) is 3.90. The molecule has 1 aliphatic rings. The maximum atomic E-state index is 13.9. The average Bonchev–Trinajstić information content (AvgIpc) is 3.25. The molecule has 0 saturated heterocycles. The summed E-state index contributed by atoms with van der Waals surface area (Å²) in [6.45, 7) is 1.69. The van der Waals surface area contributed by atoms with Gasteiger partial charge in [0.05, 0.1) is 11.9 Å². The Kier molecular flexibility index (Phi) is 5.97. The standard InChI is InChI=1S/C16H15F7N6O2S/c1-2-29-6-8(17)13(27-29)32(24,31)28-14(30)26-11-7-4-3-5-9(7)25-12(16(21,22)23)10(11)15(18,19)20/h6H,2-5H2,1H3,(H3,24,25,26,28,30,31). The molecule has 0 spiro atoms. The van der Waals surface area contributed by atoms with Crippen LogP contribution in [0.15, 0.2) is 15.6 Å². The number of rotatable bonds is 3. The van der Waals surface area contributed by atoms with Crippen molar-refractivity contribution in [1.29, 1.82) is 0 Å². The number of alkyl halides is 6. The number of amides is 2. The fourth-order valence-corrected chi connectivity index (χ4v) is 4.17. The summed E-state index contributed by atoms with van der Waals surface area (Å²) in [4.78, 5) is 15.4. The van der Waals surface area contributed by atoms with Gasteiger partial charge in [0.1, 0.15) is 5.56 Å². The van der Waals surface area contributed by atoms with Crippen LogP contribution >= 0.6 is 0 Å². The summed E-state index contributed by atoms with van der Waals surface area (Å²) >= 11 is 0. The van der Waals surface area contributed by atoms with Crippen LogP contribution in [0.2, 0.25) is 0 Å². The molecule has 0 fully saturated rings. The molecule has 2 heterocycles. The maximum Gasteiger partial charge on any atom is 0.434 e. The van der Waals surface area contributed by atoms with Gasteiger partial charge in [-0.15, -0.1) is 4.36 Å². The van der Waals surface area contributed by atoms with Crippen molar-refractivity contribution >= 4 is 21.6 Å². The van der Waals surface area contributed by atoms with Crippen LogP contribution in [-0.2, 0) is 41.7 Å². The first-order valence-electron chi connectivity index (χ1n) is 8.94. The Morgan fingerprint density at radius 1 is 1.25 bits per heavy atom. The van der Waals surface area contributed by atoms with Gasteiger partial charge in [-0.1, -0.05) is 0 Å². The normalized spacial score (nSPS) is 15.9. The van der Waals surface area contributed by atoms with E-state index in [9.17, 15) is 39.7 Å². The summed E-state index contributed by atoms with van der Waals surface area (Å²) in [7, 11) is -4.36. The van der Waals surface area contributed by atoms with Gasteiger partial charge in [-0.25, -0.2) is 23.5 Å². The van der Waals surface area contributed by atoms with E-state index in [0.717, 1.165) is 10.9 Å². The molecule has 2 amide bonds. The average molecular weight is 488 g/mol. The Balaban J connectivity index is 2.13. The summed E-state index contributed by atoms with van der Waals surface area (Å²) in [5.41, 5.74) is -6.14. The minimum atomic E-state index is -5.55. The molecule has 2 aromatic heterocycles. The number of hydrogen-bond donors (Lipinski definition) is 2. The number of nitrogens with one attached hydrogen (secondary N) is 1. The van der Waals surface area contributed by atoms with Crippen LogP contribution in [0.3, 0.4) is 0 Å². The number of pyridine rings is 1. The van der Waals surface area contributed by atoms with Crippen LogP contribution in [0.25, 0.3) is 0 Å². The van der Waals surface area contributed by atoms with Gasteiger partial charge in [0.2, 0.25) is 5.03 Å². The zero-order valence-electron chi connectivity index (χ0n) is 16.1. The van der Waals surface area contributed by atoms with Crippen molar-refractivity contribution in [1.82, 2.24) is 14.8 Å². The van der Waals surface area contributed by atoms with Gasteiger partial charge in [-0.05, 0) is 31.7 Å². The number of fused-ring (bicyclic) bond motifs is 1. The molecule has 1 atom stereocenters. The lowest BCUT2D eigenvalue weighted by atomic mass is 10.0. The maximum absolute atomic E-state index is 13.9. The highest BCUT2D eigenvalue weighted by Gasteiger charge is 2.48. The van der Waals surface area contributed by atoms with Crippen molar-refractivity contribution in [3.05, 3.63) is 34.5 Å². The monoisotopic (exact) mass is 488 g/mol. The van der Waals surface area contributed by atoms with Crippen LogP contribution in [-0.4, -0.2) is 25.0 Å². The Hall–Kier alpha value is -2.75. The first-order valence-corrected chi connectivity index (χ1v) is 10.5. The van der Waals surface area contributed by atoms with Gasteiger partial charge in [-0.2, -0.15) is 31.4 Å². The lowest BCUT2D eigenvalue weighted by Gasteiger charge is -2.21. The third-order valence-corrected chi connectivity index (χ3v) is 5.78. The van der Waals surface area contributed by atoms with Crippen molar-refractivity contribution in [3.8, 4) is 0 Å². The van der Waals surface area contributed by atoms with E-state index in [1.54, 1.807) is 12.2 Å². The highest BCUT2D eigenvalue weighted by molar-refractivity contribution is 7.91. The molecule has 0 radical (unpaired) electrons. The van der Waals surface area contributed by atoms with Gasteiger partial charge in [0.25, 0.3) is 0 Å². The molecule has 3 N–H and O–H groups in total. The third-order valence-electron chi connectivity index (χ3n) is 4.51. The highest BCUT2D eigenvalue weighted by Crippen LogP contribution is 2.46. The molecule has 3 rings (SSSR count). The molecule has 0 aromatic carbocycles. The van der Waals surface area contributed by atoms with Crippen molar-refractivity contribution in [2.24, 2.45) is 9.50 Å². The summed E-state index contributed by atoms with van der Waals surface area (Å²) in [6, 6.07) is -1.76.